The molecule has 18 heavy (non-hydrogen) atoms. The average molecular weight is 283 g/mol. The molecule has 2 rings (SSSR count). The summed E-state index contributed by atoms with van der Waals surface area (Å²) in [5.74, 6) is 1.14. The van der Waals surface area contributed by atoms with Gasteiger partial charge in [0.25, 0.3) is 0 Å². The topological polar surface area (TPSA) is 30.2 Å². The molecular formula is C14H12Cl2O2. The van der Waals surface area contributed by atoms with Crippen molar-refractivity contribution < 1.29 is 9.21 Å². The van der Waals surface area contributed by atoms with Crippen molar-refractivity contribution in [1.82, 2.24) is 0 Å². The molecule has 0 fully saturated rings. The third-order valence-corrected chi connectivity index (χ3v) is 3.37. The molecule has 1 aromatic heterocycles. The molecule has 0 aliphatic heterocycles. The van der Waals surface area contributed by atoms with E-state index in [2.05, 4.69) is 0 Å². The van der Waals surface area contributed by atoms with Gasteiger partial charge >= 0.3 is 0 Å². The zero-order valence-corrected chi connectivity index (χ0v) is 11.4. The van der Waals surface area contributed by atoms with Crippen LogP contribution in [0.5, 0.6) is 0 Å². The first-order valence-corrected chi connectivity index (χ1v) is 6.41. The predicted octanol–water partition coefficient (Wildman–Crippen LogP) is 4.57. The highest BCUT2D eigenvalue weighted by atomic mass is 35.5. The van der Waals surface area contributed by atoms with Crippen LogP contribution in [-0.2, 0) is 12.8 Å². The van der Waals surface area contributed by atoms with E-state index in [1.165, 1.54) is 0 Å². The average Bonchev–Trinajstić information content (AvgIpc) is 2.82. The predicted molar refractivity (Wildman–Crippen MR) is 72.6 cm³/mol. The normalized spacial score (nSPS) is 10.6. The summed E-state index contributed by atoms with van der Waals surface area (Å²) in [6, 6.07) is 8.70. The molecule has 0 saturated heterocycles. The highest BCUT2D eigenvalue weighted by Crippen LogP contribution is 2.23. The van der Waals surface area contributed by atoms with Gasteiger partial charge in [0.2, 0.25) is 5.78 Å². The van der Waals surface area contributed by atoms with E-state index < -0.39 is 0 Å². The van der Waals surface area contributed by atoms with E-state index in [0.29, 0.717) is 15.8 Å². The van der Waals surface area contributed by atoms with E-state index in [4.69, 9.17) is 27.6 Å². The third-order valence-electron chi connectivity index (χ3n) is 2.63. The van der Waals surface area contributed by atoms with Crippen molar-refractivity contribution in [2.24, 2.45) is 0 Å². The summed E-state index contributed by atoms with van der Waals surface area (Å²) in [6.45, 7) is 1.98. The Kier molecular flexibility index (Phi) is 4.10. The number of carbonyl (C=O) groups excluding carboxylic acids is 1. The lowest BCUT2D eigenvalue weighted by Gasteiger charge is -2.01. The fraction of sp³-hybridized carbons (Fsp3) is 0.214. The van der Waals surface area contributed by atoms with Gasteiger partial charge in [0, 0.05) is 12.8 Å². The van der Waals surface area contributed by atoms with Gasteiger partial charge in [-0.2, -0.15) is 0 Å². The Morgan fingerprint density at radius 1 is 1.17 bits per heavy atom. The van der Waals surface area contributed by atoms with Crippen LogP contribution in [0.15, 0.2) is 34.7 Å². The lowest BCUT2D eigenvalue weighted by Crippen LogP contribution is -2.02. The zero-order valence-electron chi connectivity index (χ0n) is 9.87. The van der Waals surface area contributed by atoms with Crippen molar-refractivity contribution >= 4 is 29.0 Å². The Hall–Kier alpha value is -1.25. The zero-order chi connectivity index (χ0) is 13.1. The number of Topliss-reactive ketones (excluding diaryl/α,β-unsaturated/α-hetero) is 1. The van der Waals surface area contributed by atoms with Crippen LogP contribution in [0.2, 0.25) is 10.0 Å². The smallest absolute Gasteiger partial charge is 0.202 e. The Morgan fingerprint density at radius 2 is 1.94 bits per heavy atom. The number of hydrogen-bond donors (Lipinski definition) is 0. The van der Waals surface area contributed by atoms with Crippen molar-refractivity contribution in [2.45, 2.75) is 19.8 Å². The van der Waals surface area contributed by atoms with Crippen LogP contribution in [0.1, 0.15) is 28.8 Å². The SMILES string of the molecule is CCc1ccc(C(=O)Cc2ccc(Cl)c(Cl)c2)o1. The van der Waals surface area contributed by atoms with Crippen LogP contribution < -0.4 is 0 Å². The standard InChI is InChI=1S/C14H12Cl2O2/c1-2-10-4-6-14(18-10)13(17)8-9-3-5-11(15)12(16)7-9/h3-7H,2,8H2,1H3. The van der Waals surface area contributed by atoms with Crippen LogP contribution in [0.3, 0.4) is 0 Å². The van der Waals surface area contributed by atoms with E-state index >= 15 is 0 Å². The van der Waals surface area contributed by atoms with Gasteiger partial charge in [-0.05, 0) is 29.8 Å². The third kappa shape index (κ3) is 2.95. The fourth-order valence-corrected chi connectivity index (χ4v) is 1.96. The highest BCUT2D eigenvalue weighted by Gasteiger charge is 2.12. The minimum atomic E-state index is -0.0620. The number of hydrogen-bond acceptors (Lipinski definition) is 2. The van der Waals surface area contributed by atoms with E-state index in [1.807, 2.05) is 13.0 Å². The van der Waals surface area contributed by atoms with E-state index in [9.17, 15) is 4.79 Å². The molecule has 0 saturated carbocycles. The summed E-state index contributed by atoms with van der Waals surface area (Å²) < 4.78 is 5.41. The molecule has 1 heterocycles. The molecule has 0 N–H and O–H groups in total. The summed E-state index contributed by atoms with van der Waals surface area (Å²) in [5, 5.41) is 0.940. The summed E-state index contributed by atoms with van der Waals surface area (Å²) >= 11 is 11.7. The Balaban J connectivity index is 2.13. The second-order valence-corrected chi connectivity index (χ2v) is 4.78. The van der Waals surface area contributed by atoms with Crippen LogP contribution in [-0.4, -0.2) is 5.78 Å². The second-order valence-electron chi connectivity index (χ2n) is 3.97. The number of halogens is 2. The summed E-state index contributed by atoms with van der Waals surface area (Å²) in [6.07, 6.45) is 1.04. The fourth-order valence-electron chi connectivity index (χ4n) is 1.64. The van der Waals surface area contributed by atoms with E-state index in [1.54, 1.807) is 24.3 Å². The summed E-state index contributed by atoms with van der Waals surface area (Å²) in [5.41, 5.74) is 0.823. The van der Waals surface area contributed by atoms with Gasteiger partial charge in [-0.1, -0.05) is 36.2 Å². The number of benzene rings is 1. The summed E-state index contributed by atoms with van der Waals surface area (Å²) in [4.78, 5) is 12.0. The molecule has 0 aliphatic carbocycles. The number of carbonyl (C=O) groups is 1. The first-order chi connectivity index (χ1) is 8.60. The van der Waals surface area contributed by atoms with Crippen LogP contribution in [0.25, 0.3) is 0 Å². The van der Waals surface area contributed by atoms with Crippen LogP contribution in [0, 0.1) is 0 Å². The number of aryl methyl sites for hydroxylation is 1. The number of rotatable bonds is 4. The van der Waals surface area contributed by atoms with Gasteiger partial charge in [-0.3, -0.25) is 4.79 Å². The molecule has 0 bridgehead atoms. The first kappa shape index (κ1) is 13.2. The molecule has 0 radical (unpaired) electrons. The van der Waals surface area contributed by atoms with E-state index in [0.717, 1.165) is 17.7 Å². The van der Waals surface area contributed by atoms with Gasteiger partial charge in [0.1, 0.15) is 5.76 Å². The number of ketones is 1. The van der Waals surface area contributed by atoms with Gasteiger partial charge in [0.15, 0.2) is 5.76 Å². The van der Waals surface area contributed by atoms with Crippen molar-refractivity contribution in [2.75, 3.05) is 0 Å². The quantitative estimate of drug-likeness (QED) is 0.769. The van der Waals surface area contributed by atoms with Crippen LogP contribution in [0.4, 0.5) is 0 Å². The lowest BCUT2D eigenvalue weighted by atomic mass is 10.1. The summed E-state index contributed by atoms with van der Waals surface area (Å²) in [7, 11) is 0. The molecule has 0 amide bonds. The van der Waals surface area contributed by atoms with Gasteiger partial charge < -0.3 is 4.42 Å². The van der Waals surface area contributed by atoms with Crippen molar-refractivity contribution in [1.29, 1.82) is 0 Å². The molecule has 2 nitrogen and oxygen atoms in total. The molecule has 94 valence electrons. The maximum Gasteiger partial charge on any atom is 0.202 e. The minimum absolute atomic E-state index is 0.0620. The van der Waals surface area contributed by atoms with Crippen LogP contribution >= 0.6 is 23.2 Å². The maximum absolute atomic E-state index is 12.0. The maximum atomic E-state index is 12.0. The van der Waals surface area contributed by atoms with Gasteiger partial charge in [0.05, 0.1) is 10.0 Å². The molecule has 0 aliphatic rings. The molecule has 2 aromatic rings. The van der Waals surface area contributed by atoms with Gasteiger partial charge in [-0.15, -0.1) is 0 Å². The minimum Gasteiger partial charge on any atom is -0.458 e. The van der Waals surface area contributed by atoms with Crippen molar-refractivity contribution in [3.05, 3.63) is 57.5 Å². The molecule has 1 aromatic carbocycles. The monoisotopic (exact) mass is 282 g/mol. The molecule has 0 atom stereocenters. The Morgan fingerprint density at radius 3 is 2.56 bits per heavy atom. The molecular weight excluding hydrogens is 271 g/mol. The lowest BCUT2D eigenvalue weighted by molar-refractivity contribution is 0.0965. The highest BCUT2D eigenvalue weighted by molar-refractivity contribution is 6.42. The molecule has 4 heteroatoms. The Bertz CT molecular complexity index is 573. The Labute approximate surface area is 116 Å². The second kappa shape index (κ2) is 5.59. The first-order valence-electron chi connectivity index (χ1n) is 5.66. The molecule has 0 unspecified atom stereocenters. The van der Waals surface area contributed by atoms with Crippen molar-refractivity contribution in [3.63, 3.8) is 0 Å². The van der Waals surface area contributed by atoms with E-state index in [-0.39, 0.29) is 12.2 Å². The number of furan rings is 1. The molecule has 0 spiro atoms. The largest absolute Gasteiger partial charge is 0.458 e. The van der Waals surface area contributed by atoms with Crippen molar-refractivity contribution in [3.8, 4) is 0 Å². The van der Waals surface area contributed by atoms with Gasteiger partial charge in [-0.25, -0.2) is 0 Å².